The van der Waals surface area contributed by atoms with Gasteiger partial charge >= 0.3 is 11.9 Å². The van der Waals surface area contributed by atoms with Crippen LogP contribution in [0.15, 0.2) is 48.5 Å². The Morgan fingerprint density at radius 2 is 1.59 bits per heavy atom. The first-order chi connectivity index (χ1) is 18.8. The molecule has 39 heavy (non-hydrogen) atoms. The average Bonchev–Trinajstić information content (AvgIpc) is 3.61. The number of carboxylic acids is 2. The number of para-hydroxylation sites is 1. The van der Waals surface area contributed by atoms with Crippen LogP contribution in [0.1, 0.15) is 29.5 Å². The Balaban J connectivity index is 0.000000465. The molecule has 3 atom stereocenters. The van der Waals surface area contributed by atoms with Crippen LogP contribution in [0, 0.1) is 11.8 Å². The van der Waals surface area contributed by atoms with Crippen LogP contribution in [0.5, 0.6) is 0 Å². The molecule has 1 aromatic heterocycles. The van der Waals surface area contributed by atoms with Crippen LogP contribution < -0.4 is 4.90 Å². The third kappa shape index (κ3) is 6.58. The zero-order valence-corrected chi connectivity index (χ0v) is 23.2. The third-order valence-corrected chi connectivity index (χ3v) is 9.00. The van der Waals surface area contributed by atoms with E-state index in [9.17, 15) is 0 Å². The fraction of sp³-hybridized carbons (Fsp3) is 0.483. The number of nitrogens with zero attached hydrogens (tertiary/aromatic N) is 4. The lowest BCUT2D eigenvalue weighted by Gasteiger charge is -2.32. The second-order valence-electron chi connectivity index (χ2n) is 10.9. The van der Waals surface area contributed by atoms with Gasteiger partial charge in [0.05, 0.1) is 16.3 Å². The molecule has 208 valence electrons. The van der Waals surface area contributed by atoms with Crippen LogP contribution in [0.2, 0.25) is 0 Å². The zero-order valence-electron chi connectivity index (χ0n) is 22.4. The van der Waals surface area contributed by atoms with Crippen molar-refractivity contribution >= 4 is 39.2 Å². The van der Waals surface area contributed by atoms with Gasteiger partial charge in [0.25, 0.3) is 0 Å². The van der Waals surface area contributed by atoms with Crippen molar-refractivity contribution < 1.29 is 24.5 Å². The van der Waals surface area contributed by atoms with E-state index in [1.165, 1.54) is 42.1 Å². The van der Waals surface area contributed by atoms with Crippen LogP contribution in [-0.2, 0) is 14.3 Å². The van der Waals surface area contributed by atoms with E-state index in [2.05, 4.69) is 77.3 Å². The van der Waals surface area contributed by atoms with Gasteiger partial charge in [-0.05, 0) is 68.6 Å². The van der Waals surface area contributed by atoms with Gasteiger partial charge in [0.15, 0.2) is 0 Å². The van der Waals surface area contributed by atoms with Crippen LogP contribution >= 0.6 is 11.3 Å². The smallest absolute Gasteiger partial charge is 0.414 e. The van der Waals surface area contributed by atoms with E-state index in [0.717, 1.165) is 48.3 Å². The molecular formula is C29H36N4O5S. The van der Waals surface area contributed by atoms with Crippen molar-refractivity contribution in [2.75, 3.05) is 58.3 Å². The molecule has 3 fully saturated rings. The highest BCUT2D eigenvalue weighted by Crippen LogP contribution is 2.38. The summed E-state index contributed by atoms with van der Waals surface area (Å²) in [4.78, 5) is 30.7. The van der Waals surface area contributed by atoms with E-state index in [0.29, 0.717) is 0 Å². The van der Waals surface area contributed by atoms with E-state index >= 15 is 0 Å². The summed E-state index contributed by atoms with van der Waals surface area (Å²) in [6, 6.07) is 17.5. The minimum Gasteiger partial charge on any atom is -0.473 e. The molecule has 3 aliphatic heterocycles. The van der Waals surface area contributed by atoms with Gasteiger partial charge in [-0.25, -0.2) is 14.6 Å². The standard InChI is InChI=1S/C27H34N4OS.C2H2O4/c1-29-12-10-23(11-13-29)32-26(27-28-24-8-3-4-9-25(24)33-27)19-6-5-7-22(14-19)31-17-20-15-30(2)16-21(20)18-31;3-1(4)2(5)6/h3-9,14,20-21,23,26H,10-13,15-18H2,1-2H3;(H,3,4)(H,5,6). The number of carboxylic acid groups (broad SMARTS) is 2. The lowest BCUT2D eigenvalue weighted by molar-refractivity contribution is -0.159. The highest BCUT2D eigenvalue weighted by Gasteiger charge is 2.39. The Hall–Kier alpha value is -3.05. The maximum Gasteiger partial charge on any atom is 0.414 e. The Bertz CT molecular complexity index is 1250. The van der Waals surface area contributed by atoms with Crippen LogP contribution in [0.3, 0.4) is 0 Å². The fourth-order valence-electron chi connectivity index (χ4n) is 5.92. The number of anilines is 1. The van der Waals surface area contributed by atoms with Gasteiger partial charge < -0.3 is 29.6 Å². The predicted molar refractivity (Wildman–Crippen MR) is 151 cm³/mol. The van der Waals surface area contributed by atoms with E-state index in [1.54, 1.807) is 11.3 Å². The van der Waals surface area contributed by atoms with E-state index < -0.39 is 11.9 Å². The molecule has 0 saturated carbocycles. The molecule has 0 spiro atoms. The second kappa shape index (κ2) is 12.0. The van der Waals surface area contributed by atoms with Gasteiger partial charge in [-0.3, -0.25) is 0 Å². The number of benzene rings is 2. The number of likely N-dealkylation sites (tertiary alicyclic amines) is 2. The Labute approximate surface area is 232 Å². The first kappa shape index (κ1) is 27.5. The van der Waals surface area contributed by atoms with Gasteiger partial charge in [0.2, 0.25) is 0 Å². The summed E-state index contributed by atoms with van der Waals surface area (Å²) in [6.07, 6.45) is 2.34. The molecule has 0 bridgehead atoms. The topological polar surface area (TPSA) is 106 Å². The van der Waals surface area contributed by atoms with Crippen molar-refractivity contribution in [3.63, 3.8) is 0 Å². The van der Waals surface area contributed by atoms with Gasteiger partial charge in [-0.15, -0.1) is 11.3 Å². The highest BCUT2D eigenvalue weighted by molar-refractivity contribution is 7.18. The number of fused-ring (bicyclic) bond motifs is 2. The van der Waals surface area contributed by atoms with Gasteiger partial charge in [-0.1, -0.05) is 24.3 Å². The molecule has 2 N–H and O–H groups in total. The maximum atomic E-state index is 9.10. The van der Waals surface area contributed by atoms with E-state index in [-0.39, 0.29) is 12.2 Å². The molecule has 3 aromatic rings. The first-order valence-corrected chi connectivity index (χ1v) is 14.3. The van der Waals surface area contributed by atoms with Gasteiger partial charge in [0, 0.05) is 45.0 Å². The number of hydrogen-bond donors (Lipinski definition) is 2. The lowest BCUT2D eigenvalue weighted by atomic mass is 10.0. The molecular weight excluding hydrogens is 516 g/mol. The quantitative estimate of drug-likeness (QED) is 0.459. The molecule has 4 heterocycles. The minimum atomic E-state index is -1.82. The van der Waals surface area contributed by atoms with Crippen molar-refractivity contribution in [2.24, 2.45) is 11.8 Å². The SMILES string of the molecule is CN1CCC(OC(c2cccc(N3CC4CN(C)CC4C3)c2)c2nc3ccccc3s2)CC1.O=C(O)C(=O)O. The van der Waals surface area contributed by atoms with Gasteiger partial charge in [0.1, 0.15) is 11.1 Å². The summed E-state index contributed by atoms with van der Waals surface area (Å²) < 4.78 is 8.08. The number of hydrogen-bond acceptors (Lipinski definition) is 8. The van der Waals surface area contributed by atoms with Crippen LogP contribution in [-0.4, -0.2) is 96.4 Å². The summed E-state index contributed by atoms with van der Waals surface area (Å²) >= 11 is 1.78. The summed E-state index contributed by atoms with van der Waals surface area (Å²) in [5, 5.41) is 15.9. The number of carbonyl (C=O) groups is 2. The molecule has 3 aliphatic rings. The number of rotatable bonds is 5. The minimum absolute atomic E-state index is 0.107. The van der Waals surface area contributed by atoms with Crippen molar-refractivity contribution in [3.05, 3.63) is 59.1 Å². The Kier molecular flexibility index (Phi) is 8.46. The zero-order chi connectivity index (χ0) is 27.5. The van der Waals surface area contributed by atoms with Crippen molar-refractivity contribution in [3.8, 4) is 0 Å². The Morgan fingerprint density at radius 1 is 0.923 bits per heavy atom. The number of aromatic nitrogens is 1. The maximum absolute atomic E-state index is 9.10. The highest BCUT2D eigenvalue weighted by atomic mass is 32.1. The number of ether oxygens (including phenoxy) is 1. The summed E-state index contributed by atoms with van der Waals surface area (Å²) in [5.41, 5.74) is 3.64. The molecule has 0 aliphatic carbocycles. The second-order valence-corrected chi connectivity index (χ2v) is 12.0. The first-order valence-electron chi connectivity index (χ1n) is 13.5. The molecule has 6 rings (SSSR count). The normalized spacial score (nSPS) is 22.9. The summed E-state index contributed by atoms with van der Waals surface area (Å²) in [5.74, 6) is -2.05. The Morgan fingerprint density at radius 3 is 2.23 bits per heavy atom. The molecule has 0 radical (unpaired) electrons. The molecule has 10 heteroatoms. The fourth-order valence-corrected chi connectivity index (χ4v) is 6.95. The summed E-state index contributed by atoms with van der Waals surface area (Å²) in [7, 11) is 4.46. The van der Waals surface area contributed by atoms with Crippen LogP contribution in [0.4, 0.5) is 5.69 Å². The molecule has 0 amide bonds. The van der Waals surface area contributed by atoms with Crippen molar-refractivity contribution in [2.45, 2.75) is 25.0 Å². The molecule has 9 nitrogen and oxygen atoms in total. The van der Waals surface area contributed by atoms with Gasteiger partial charge in [-0.2, -0.15) is 0 Å². The van der Waals surface area contributed by atoms with E-state index in [1.807, 2.05) is 0 Å². The number of piperidine rings is 1. The lowest BCUT2D eigenvalue weighted by Crippen LogP contribution is -2.35. The monoisotopic (exact) mass is 552 g/mol. The molecule has 3 saturated heterocycles. The largest absolute Gasteiger partial charge is 0.473 e. The van der Waals surface area contributed by atoms with Crippen molar-refractivity contribution in [1.82, 2.24) is 14.8 Å². The molecule has 2 aromatic carbocycles. The van der Waals surface area contributed by atoms with E-state index in [4.69, 9.17) is 29.5 Å². The predicted octanol–water partition coefficient (Wildman–Crippen LogP) is 3.65. The number of aliphatic carboxylic acids is 2. The van der Waals surface area contributed by atoms with Crippen LogP contribution in [0.25, 0.3) is 10.2 Å². The van der Waals surface area contributed by atoms with Crippen molar-refractivity contribution in [1.29, 1.82) is 0 Å². The average molecular weight is 553 g/mol. The summed E-state index contributed by atoms with van der Waals surface area (Å²) in [6.45, 7) is 6.99. The number of thiazole rings is 1. The third-order valence-electron chi connectivity index (χ3n) is 7.92. The molecule has 3 unspecified atom stereocenters.